The van der Waals surface area contributed by atoms with Crippen LogP contribution in [0.25, 0.3) is 16.9 Å². The highest BCUT2D eigenvalue weighted by Gasteiger charge is 2.25. The molecule has 140 valence electrons. The van der Waals surface area contributed by atoms with Crippen LogP contribution in [0.4, 0.5) is 0 Å². The van der Waals surface area contributed by atoms with Gasteiger partial charge in [-0.3, -0.25) is 9.78 Å². The molecule has 0 radical (unpaired) electrons. The second-order valence-electron chi connectivity index (χ2n) is 6.48. The Morgan fingerprint density at radius 1 is 1.14 bits per heavy atom. The molecule has 7 heteroatoms. The van der Waals surface area contributed by atoms with Gasteiger partial charge in [-0.2, -0.15) is 9.78 Å². The van der Waals surface area contributed by atoms with E-state index in [1.165, 1.54) is 11.8 Å². The summed E-state index contributed by atoms with van der Waals surface area (Å²) in [6, 6.07) is 13.1. The highest BCUT2D eigenvalue weighted by molar-refractivity contribution is 5.96. The van der Waals surface area contributed by atoms with Crippen LogP contribution in [0.1, 0.15) is 21.6 Å². The first-order chi connectivity index (χ1) is 13.6. The lowest BCUT2D eigenvalue weighted by Crippen LogP contribution is -2.16. The number of pyridine rings is 2. The standard InChI is InChI=1S/C21H18N4O3/c1-14-6-5-8-16(10-14)25-20(26)17-12-24(11-15-7-3-4-9-22-15)13-18(19(17)23-25)21(27)28-2/h3-10,12-13H,11H2,1-2H3. The summed E-state index contributed by atoms with van der Waals surface area (Å²) in [4.78, 5) is 29.7. The molecule has 28 heavy (non-hydrogen) atoms. The van der Waals surface area contributed by atoms with Crippen LogP contribution in [0.5, 0.6) is 0 Å². The molecule has 0 spiro atoms. The van der Waals surface area contributed by atoms with E-state index in [2.05, 4.69) is 10.1 Å². The Balaban J connectivity index is 1.90. The first-order valence-corrected chi connectivity index (χ1v) is 8.75. The molecule has 0 N–H and O–H groups in total. The van der Waals surface area contributed by atoms with E-state index in [9.17, 15) is 9.59 Å². The molecule has 1 aromatic carbocycles. The number of aryl methyl sites for hydroxylation is 1. The minimum absolute atomic E-state index is 0.236. The summed E-state index contributed by atoms with van der Waals surface area (Å²) in [5, 5.41) is 4.42. The molecular formula is C21H18N4O3. The molecule has 7 nitrogen and oxygen atoms in total. The molecule has 0 saturated carbocycles. The minimum Gasteiger partial charge on any atom is -0.465 e. The maximum absolute atomic E-state index is 13.0. The zero-order valence-corrected chi connectivity index (χ0v) is 15.5. The number of esters is 1. The topological polar surface area (TPSA) is 79.0 Å². The van der Waals surface area contributed by atoms with Gasteiger partial charge in [0, 0.05) is 18.6 Å². The average molecular weight is 374 g/mol. The number of carbonyl (C=O) groups excluding carboxylic acids is 1. The molecular weight excluding hydrogens is 356 g/mol. The van der Waals surface area contributed by atoms with Crippen LogP contribution < -0.4 is 5.56 Å². The lowest BCUT2D eigenvalue weighted by Gasteiger charge is -2.11. The zero-order valence-electron chi connectivity index (χ0n) is 15.5. The van der Waals surface area contributed by atoms with Crippen molar-refractivity contribution in [2.24, 2.45) is 0 Å². The van der Waals surface area contributed by atoms with Crippen molar-refractivity contribution in [3.8, 4) is 16.9 Å². The fourth-order valence-electron chi connectivity index (χ4n) is 3.12. The molecule has 1 aromatic heterocycles. The third-order valence-corrected chi connectivity index (χ3v) is 4.45. The molecule has 0 saturated heterocycles. The largest absolute Gasteiger partial charge is 0.465 e. The van der Waals surface area contributed by atoms with E-state index in [0.29, 0.717) is 23.5 Å². The smallest absolute Gasteiger partial charge is 0.341 e. The first kappa shape index (κ1) is 17.7. The van der Waals surface area contributed by atoms with E-state index in [4.69, 9.17) is 4.74 Å². The quantitative estimate of drug-likeness (QED) is 0.513. The van der Waals surface area contributed by atoms with Gasteiger partial charge in [0.15, 0.2) is 0 Å². The average Bonchev–Trinajstić information content (AvgIpc) is 3.04. The molecule has 2 aliphatic heterocycles. The normalized spacial score (nSPS) is 10.9. The Kier molecular flexibility index (Phi) is 4.49. The van der Waals surface area contributed by atoms with Gasteiger partial charge in [0.1, 0.15) is 11.3 Å². The summed E-state index contributed by atoms with van der Waals surface area (Å²) in [7, 11) is 1.31. The van der Waals surface area contributed by atoms with Crippen molar-refractivity contribution >= 4 is 5.97 Å². The van der Waals surface area contributed by atoms with Gasteiger partial charge < -0.3 is 9.30 Å². The molecule has 0 aliphatic carbocycles. The van der Waals surface area contributed by atoms with Crippen molar-refractivity contribution in [3.63, 3.8) is 0 Å². The van der Waals surface area contributed by atoms with Gasteiger partial charge in [0.25, 0.3) is 5.56 Å². The number of methoxy groups -OCH3 is 1. The third kappa shape index (κ3) is 3.18. The van der Waals surface area contributed by atoms with Crippen molar-refractivity contribution in [3.05, 3.63) is 88.2 Å². The Morgan fingerprint density at radius 3 is 2.71 bits per heavy atom. The fourth-order valence-corrected chi connectivity index (χ4v) is 3.12. The molecule has 4 rings (SSSR count). The van der Waals surface area contributed by atoms with Crippen molar-refractivity contribution in [2.75, 3.05) is 7.11 Å². The Bertz CT molecular complexity index is 1180. The molecule has 2 aromatic rings. The molecule has 0 unspecified atom stereocenters. The SMILES string of the molecule is COC(=O)c1cn(Cc2ccccn2)cc2c(=O)n(-c3cccc(C)c3)nc1-2. The van der Waals surface area contributed by atoms with E-state index in [1.807, 2.05) is 43.3 Å². The molecule has 0 fully saturated rings. The predicted molar refractivity (Wildman–Crippen MR) is 104 cm³/mol. The lowest BCUT2D eigenvalue weighted by atomic mass is 10.1. The summed E-state index contributed by atoms with van der Waals surface area (Å²) in [6.45, 7) is 2.35. The number of benzene rings is 1. The molecule has 3 heterocycles. The number of fused-ring (bicyclic) bond motifs is 1. The number of rotatable bonds is 4. The van der Waals surface area contributed by atoms with E-state index < -0.39 is 5.97 Å². The fraction of sp³-hybridized carbons (Fsp3) is 0.143. The maximum Gasteiger partial charge on any atom is 0.341 e. The first-order valence-electron chi connectivity index (χ1n) is 8.75. The summed E-state index contributed by atoms with van der Waals surface area (Å²) in [5.74, 6) is -0.547. The maximum atomic E-state index is 13.0. The zero-order chi connectivity index (χ0) is 19.7. The van der Waals surface area contributed by atoms with Crippen LogP contribution in [0.2, 0.25) is 0 Å². The van der Waals surface area contributed by atoms with E-state index in [0.717, 1.165) is 11.3 Å². The van der Waals surface area contributed by atoms with Gasteiger partial charge in [0.05, 0.1) is 30.6 Å². The molecule has 2 aliphatic rings. The van der Waals surface area contributed by atoms with Crippen LogP contribution in [0.15, 0.2) is 65.8 Å². The van der Waals surface area contributed by atoms with Gasteiger partial charge in [-0.15, -0.1) is 0 Å². The van der Waals surface area contributed by atoms with Gasteiger partial charge in [-0.05, 0) is 36.8 Å². The van der Waals surface area contributed by atoms with Crippen LogP contribution in [0.3, 0.4) is 0 Å². The molecule has 0 bridgehead atoms. The summed E-state index contributed by atoms with van der Waals surface area (Å²) >= 11 is 0. The van der Waals surface area contributed by atoms with Gasteiger partial charge in [0.2, 0.25) is 0 Å². The second-order valence-corrected chi connectivity index (χ2v) is 6.48. The Hall–Kier alpha value is -3.74. The number of carbonyl (C=O) groups is 1. The predicted octanol–water partition coefficient (Wildman–Crippen LogP) is 2.68. The molecule has 0 amide bonds. The number of hydrogen-bond donors (Lipinski definition) is 0. The Labute approximate surface area is 161 Å². The van der Waals surface area contributed by atoms with Gasteiger partial charge >= 0.3 is 5.97 Å². The monoisotopic (exact) mass is 374 g/mol. The van der Waals surface area contributed by atoms with E-state index in [1.54, 1.807) is 29.2 Å². The van der Waals surface area contributed by atoms with Crippen molar-refractivity contribution in [1.29, 1.82) is 0 Å². The van der Waals surface area contributed by atoms with Crippen molar-refractivity contribution in [1.82, 2.24) is 19.3 Å². The number of aromatic nitrogens is 4. The highest BCUT2D eigenvalue weighted by atomic mass is 16.5. The van der Waals surface area contributed by atoms with Gasteiger partial charge in [-0.25, -0.2) is 4.79 Å². The van der Waals surface area contributed by atoms with Crippen molar-refractivity contribution in [2.45, 2.75) is 13.5 Å². The van der Waals surface area contributed by atoms with Crippen LogP contribution in [0, 0.1) is 6.92 Å². The molecule has 0 atom stereocenters. The Morgan fingerprint density at radius 2 is 2.00 bits per heavy atom. The third-order valence-electron chi connectivity index (χ3n) is 4.45. The van der Waals surface area contributed by atoms with Crippen LogP contribution in [-0.2, 0) is 11.3 Å². The minimum atomic E-state index is -0.547. The van der Waals surface area contributed by atoms with E-state index >= 15 is 0 Å². The summed E-state index contributed by atoms with van der Waals surface area (Å²) < 4.78 is 7.97. The number of nitrogens with zero attached hydrogens (tertiary/aromatic N) is 4. The van der Waals surface area contributed by atoms with Crippen LogP contribution in [-0.4, -0.2) is 32.4 Å². The summed E-state index contributed by atoms with van der Waals surface area (Å²) in [5.41, 5.74) is 3.07. The van der Waals surface area contributed by atoms with Crippen LogP contribution >= 0.6 is 0 Å². The number of hydrogen-bond acceptors (Lipinski definition) is 5. The lowest BCUT2D eigenvalue weighted by molar-refractivity contribution is 0.0600. The summed E-state index contributed by atoms with van der Waals surface area (Å²) in [6.07, 6.45) is 5.03. The highest BCUT2D eigenvalue weighted by Crippen LogP contribution is 2.23. The second kappa shape index (κ2) is 7.11. The van der Waals surface area contributed by atoms with Gasteiger partial charge in [-0.1, -0.05) is 18.2 Å². The van der Waals surface area contributed by atoms with Crippen molar-refractivity contribution < 1.29 is 9.53 Å². The number of ether oxygens (including phenoxy) is 1. The van der Waals surface area contributed by atoms with E-state index in [-0.39, 0.29) is 11.1 Å².